The van der Waals surface area contributed by atoms with Gasteiger partial charge in [-0.15, -0.1) is 0 Å². The molecule has 2 nitrogen and oxygen atoms in total. The highest BCUT2D eigenvalue weighted by Crippen LogP contribution is 2.18. The van der Waals surface area contributed by atoms with Gasteiger partial charge in [-0.05, 0) is 31.0 Å². The third-order valence-corrected chi connectivity index (χ3v) is 3.10. The summed E-state index contributed by atoms with van der Waals surface area (Å²) >= 11 is 5.87. The predicted molar refractivity (Wildman–Crippen MR) is 73.4 cm³/mol. The first kappa shape index (κ1) is 14.0. The molecule has 0 unspecified atom stereocenters. The van der Waals surface area contributed by atoms with Crippen LogP contribution in [0.5, 0.6) is 0 Å². The average molecular weight is 254 g/mol. The Kier molecular flexibility index (Phi) is 6.06. The number of halogens is 1. The van der Waals surface area contributed by atoms with E-state index in [1.54, 1.807) is 12.1 Å². The number of carbonyl (C=O) groups excluding carboxylic acids is 1. The summed E-state index contributed by atoms with van der Waals surface area (Å²) in [4.78, 5) is 12.0. The van der Waals surface area contributed by atoms with Gasteiger partial charge in [0.05, 0.1) is 0 Å². The number of anilines is 1. The normalized spacial score (nSPS) is 12.2. The van der Waals surface area contributed by atoms with E-state index in [-0.39, 0.29) is 11.8 Å². The highest BCUT2D eigenvalue weighted by molar-refractivity contribution is 6.30. The van der Waals surface area contributed by atoms with Gasteiger partial charge in [0, 0.05) is 16.6 Å². The molecule has 0 aliphatic carbocycles. The minimum absolute atomic E-state index is 0.100. The Morgan fingerprint density at radius 1 is 1.41 bits per heavy atom. The van der Waals surface area contributed by atoms with Crippen molar-refractivity contribution in [3.05, 3.63) is 29.3 Å². The quantitative estimate of drug-likeness (QED) is 0.795. The van der Waals surface area contributed by atoms with Gasteiger partial charge >= 0.3 is 0 Å². The molecule has 0 bridgehead atoms. The Balaban J connectivity index is 2.57. The van der Waals surface area contributed by atoms with Gasteiger partial charge in [0.2, 0.25) is 5.91 Å². The summed E-state index contributed by atoms with van der Waals surface area (Å²) in [5.74, 6) is 0.206. The number of amides is 1. The van der Waals surface area contributed by atoms with Gasteiger partial charge in [0.15, 0.2) is 0 Å². The molecule has 0 spiro atoms. The van der Waals surface area contributed by atoms with Crippen LogP contribution in [0.15, 0.2) is 24.3 Å². The van der Waals surface area contributed by atoms with Crippen LogP contribution in [0.2, 0.25) is 5.02 Å². The molecule has 3 heteroatoms. The fraction of sp³-hybridized carbons (Fsp3) is 0.500. The first-order valence-corrected chi connectivity index (χ1v) is 6.61. The van der Waals surface area contributed by atoms with Crippen molar-refractivity contribution in [2.45, 2.75) is 39.5 Å². The summed E-state index contributed by atoms with van der Waals surface area (Å²) in [6.07, 6.45) is 4.06. The van der Waals surface area contributed by atoms with E-state index in [1.807, 2.05) is 12.1 Å². The Bertz CT molecular complexity index is 365. The van der Waals surface area contributed by atoms with Crippen molar-refractivity contribution in [2.75, 3.05) is 5.32 Å². The van der Waals surface area contributed by atoms with E-state index in [0.717, 1.165) is 31.4 Å². The number of carbonyl (C=O) groups is 1. The Hall–Kier alpha value is -1.02. The second-order valence-electron chi connectivity index (χ2n) is 4.25. The van der Waals surface area contributed by atoms with Crippen LogP contribution in [-0.4, -0.2) is 5.91 Å². The third-order valence-electron chi connectivity index (χ3n) is 2.86. The molecule has 1 aromatic carbocycles. The van der Waals surface area contributed by atoms with Crippen LogP contribution in [0.3, 0.4) is 0 Å². The fourth-order valence-electron chi connectivity index (χ4n) is 1.78. The molecule has 0 saturated carbocycles. The fourth-order valence-corrected chi connectivity index (χ4v) is 1.97. The second kappa shape index (κ2) is 7.33. The van der Waals surface area contributed by atoms with Crippen LogP contribution in [0.1, 0.15) is 39.5 Å². The standard InChI is InChI=1S/C14H20ClNO/c1-3-5-7-11(4-2)14(17)16-13-9-6-8-12(15)10-13/h6,8-11H,3-5,7H2,1-2H3,(H,16,17)/t11-/m1/s1. The maximum Gasteiger partial charge on any atom is 0.227 e. The van der Waals surface area contributed by atoms with Gasteiger partial charge in [0.1, 0.15) is 0 Å². The average Bonchev–Trinajstić information content (AvgIpc) is 2.30. The zero-order valence-corrected chi connectivity index (χ0v) is 11.3. The Morgan fingerprint density at radius 3 is 2.76 bits per heavy atom. The highest BCUT2D eigenvalue weighted by atomic mass is 35.5. The predicted octanol–water partition coefficient (Wildman–Crippen LogP) is 4.49. The summed E-state index contributed by atoms with van der Waals surface area (Å²) in [5, 5.41) is 3.56. The van der Waals surface area contributed by atoms with Gasteiger partial charge in [0.25, 0.3) is 0 Å². The van der Waals surface area contributed by atoms with E-state index in [1.165, 1.54) is 0 Å². The lowest BCUT2D eigenvalue weighted by Crippen LogP contribution is -2.22. The van der Waals surface area contributed by atoms with E-state index in [9.17, 15) is 4.79 Å². The summed E-state index contributed by atoms with van der Waals surface area (Å²) in [5.41, 5.74) is 0.775. The second-order valence-corrected chi connectivity index (χ2v) is 4.68. The van der Waals surface area contributed by atoms with E-state index >= 15 is 0 Å². The minimum atomic E-state index is 0.100. The van der Waals surface area contributed by atoms with Crippen LogP contribution >= 0.6 is 11.6 Å². The van der Waals surface area contributed by atoms with Gasteiger partial charge in [-0.1, -0.05) is 44.4 Å². The third kappa shape index (κ3) is 4.78. The van der Waals surface area contributed by atoms with Gasteiger partial charge < -0.3 is 5.32 Å². The molecular weight excluding hydrogens is 234 g/mol. The van der Waals surface area contributed by atoms with Crippen molar-refractivity contribution < 1.29 is 4.79 Å². The van der Waals surface area contributed by atoms with Crippen LogP contribution in [0, 0.1) is 5.92 Å². The molecule has 0 radical (unpaired) electrons. The van der Waals surface area contributed by atoms with Gasteiger partial charge in [-0.2, -0.15) is 0 Å². The SMILES string of the molecule is CCCC[C@@H](CC)C(=O)Nc1cccc(Cl)c1. The first-order chi connectivity index (χ1) is 8.17. The van der Waals surface area contributed by atoms with Crippen molar-refractivity contribution in [2.24, 2.45) is 5.92 Å². The molecule has 17 heavy (non-hydrogen) atoms. The number of rotatable bonds is 6. The molecule has 1 amide bonds. The molecule has 1 atom stereocenters. The molecule has 94 valence electrons. The van der Waals surface area contributed by atoms with Gasteiger partial charge in [-0.25, -0.2) is 0 Å². The zero-order chi connectivity index (χ0) is 12.7. The largest absolute Gasteiger partial charge is 0.326 e. The number of benzene rings is 1. The zero-order valence-electron chi connectivity index (χ0n) is 10.5. The highest BCUT2D eigenvalue weighted by Gasteiger charge is 2.15. The summed E-state index contributed by atoms with van der Waals surface area (Å²) in [6, 6.07) is 7.26. The number of unbranched alkanes of at least 4 members (excludes halogenated alkanes) is 1. The summed E-state index contributed by atoms with van der Waals surface area (Å²) < 4.78 is 0. The van der Waals surface area contributed by atoms with Crippen LogP contribution in [0.25, 0.3) is 0 Å². The van der Waals surface area contributed by atoms with Crippen LogP contribution < -0.4 is 5.32 Å². The summed E-state index contributed by atoms with van der Waals surface area (Å²) in [6.45, 7) is 4.19. The number of nitrogens with one attached hydrogen (secondary N) is 1. The lowest BCUT2D eigenvalue weighted by Gasteiger charge is -2.14. The maximum atomic E-state index is 12.0. The minimum Gasteiger partial charge on any atom is -0.326 e. The smallest absolute Gasteiger partial charge is 0.227 e. The van der Waals surface area contributed by atoms with E-state index < -0.39 is 0 Å². The van der Waals surface area contributed by atoms with Crippen LogP contribution in [0.4, 0.5) is 5.69 Å². The molecule has 1 aromatic rings. The van der Waals surface area contributed by atoms with Crippen molar-refractivity contribution >= 4 is 23.2 Å². The monoisotopic (exact) mass is 253 g/mol. The number of hydrogen-bond donors (Lipinski definition) is 1. The lowest BCUT2D eigenvalue weighted by molar-refractivity contribution is -0.120. The Morgan fingerprint density at radius 2 is 2.18 bits per heavy atom. The van der Waals surface area contributed by atoms with Gasteiger partial charge in [-0.3, -0.25) is 4.79 Å². The van der Waals surface area contributed by atoms with E-state index in [0.29, 0.717) is 5.02 Å². The summed E-state index contributed by atoms with van der Waals surface area (Å²) in [7, 11) is 0. The number of hydrogen-bond acceptors (Lipinski definition) is 1. The molecule has 0 aromatic heterocycles. The molecule has 0 aliphatic heterocycles. The molecular formula is C14H20ClNO. The van der Waals surface area contributed by atoms with Crippen molar-refractivity contribution in [3.63, 3.8) is 0 Å². The van der Waals surface area contributed by atoms with Crippen molar-refractivity contribution in [1.82, 2.24) is 0 Å². The molecule has 1 rings (SSSR count). The molecule has 0 aliphatic rings. The molecule has 0 saturated heterocycles. The molecule has 0 heterocycles. The van der Waals surface area contributed by atoms with E-state index in [4.69, 9.17) is 11.6 Å². The van der Waals surface area contributed by atoms with E-state index in [2.05, 4.69) is 19.2 Å². The Labute approximate surface area is 108 Å². The topological polar surface area (TPSA) is 29.1 Å². The lowest BCUT2D eigenvalue weighted by atomic mass is 9.98. The molecule has 0 fully saturated rings. The van der Waals surface area contributed by atoms with Crippen LogP contribution in [-0.2, 0) is 4.79 Å². The first-order valence-electron chi connectivity index (χ1n) is 6.23. The maximum absolute atomic E-state index is 12.0. The molecule has 1 N–H and O–H groups in total. The van der Waals surface area contributed by atoms with Crippen molar-refractivity contribution in [3.8, 4) is 0 Å². The van der Waals surface area contributed by atoms with Crippen molar-refractivity contribution in [1.29, 1.82) is 0 Å².